The molecule has 2 atom stereocenters. The van der Waals surface area contributed by atoms with Crippen molar-refractivity contribution in [2.75, 3.05) is 34.0 Å². The van der Waals surface area contributed by atoms with E-state index in [0.717, 1.165) is 17.1 Å². The summed E-state index contributed by atoms with van der Waals surface area (Å²) in [7, 11) is 3.24. The molecule has 0 aromatic heterocycles. The molecule has 0 bridgehead atoms. The van der Waals surface area contributed by atoms with Gasteiger partial charge in [-0.25, -0.2) is 0 Å². The normalized spacial score (nSPS) is 18.2. The fraction of sp³-hybridized carbons (Fsp3) is 0.381. The Balaban J connectivity index is 1.85. The van der Waals surface area contributed by atoms with Crippen LogP contribution in [0.1, 0.15) is 28.3 Å². The molecule has 1 aliphatic rings. The highest BCUT2D eigenvalue weighted by atomic mass is 16.6. The third kappa shape index (κ3) is 4.42. The van der Waals surface area contributed by atoms with E-state index in [0.29, 0.717) is 31.8 Å². The molecule has 26 heavy (non-hydrogen) atoms. The SMILES string of the molecule is COc1ccc(C(=O)C(CC2COCCO2)c2ccc(OC)cc2)cc1. The number of hydrogen-bond acceptors (Lipinski definition) is 5. The van der Waals surface area contributed by atoms with Crippen molar-refractivity contribution in [2.24, 2.45) is 0 Å². The van der Waals surface area contributed by atoms with Crippen molar-refractivity contribution in [3.63, 3.8) is 0 Å². The van der Waals surface area contributed by atoms with Crippen molar-refractivity contribution >= 4 is 5.78 Å². The van der Waals surface area contributed by atoms with Gasteiger partial charge in [0.05, 0.1) is 40.1 Å². The predicted molar refractivity (Wildman–Crippen MR) is 98.2 cm³/mol. The lowest BCUT2D eigenvalue weighted by Crippen LogP contribution is -2.31. The van der Waals surface area contributed by atoms with E-state index in [4.69, 9.17) is 18.9 Å². The Morgan fingerprint density at radius 3 is 2.15 bits per heavy atom. The van der Waals surface area contributed by atoms with Crippen LogP contribution in [0.2, 0.25) is 0 Å². The Kier molecular flexibility index (Phi) is 6.26. The highest BCUT2D eigenvalue weighted by molar-refractivity contribution is 6.01. The summed E-state index contributed by atoms with van der Waals surface area (Å²) < 4.78 is 21.7. The lowest BCUT2D eigenvalue weighted by atomic mass is 9.86. The molecule has 5 nitrogen and oxygen atoms in total. The molecule has 138 valence electrons. The molecule has 2 aromatic rings. The molecule has 0 radical (unpaired) electrons. The maximum atomic E-state index is 13.2. The third-order valence-electron chi connectivity index (χ3n) is 4.59. The van der Waals surface area contributed by atoms with Crippen LogP contribution in [-0.2, 0) is 9.47 Å². The summed E-state index contributed by atoms with van der Waals surface area (Å²) in [5.41, 5.74) is 1.60. The minimum absolute atomic E-state index is 0.0620. The molecule has 0 spiro atoms. The van der Waals surface area contributed by atoms with Crippen LogP contribution in [0.5, 0.6) is 11.5 Å². The zero-order chi connectivity index (χ0) is 18.4. The Morgan fingerprint density at radius 2 is 1.62 bits per heavy atom. The zero-order valence-electron chi connectivity index (χ0n) is 15.1. The molecular formula is C21H24O5. The molecule has 1 saturated heterocycles. The number of ketones is 1. The third-order valence-corrected chi connectivity index (χ3v) is 4.59. The number of carbonyl (C=O) groups excluding carboxylic acids is 1. The van der Waals surface area contributed by atoms with E-state index in [-0.39, 0.29) is 17.8 Å². The van der Waals surface area contributed by atoms with Crippen LogP contribution in [0.25, 0.3) is 0 Å². The molecule has 1 heterocycles. The summed E-state index contributed by atoms with van der Waals surface area (Å²) in [4.78, 5) is 13.2. The fourth-order valence-corrected chi connectivity index (χ4v) is 3.12. The van der Waals surface area contributed by atoms with E-state index in [1.807, 2.05) is 24.3 Å². The highest BCUT2D eigenvalue weighted by Crippen LogP contribution is 2.29. The van der Waals surface area contributed by atoms with Crippen LogP contribution in [-0.4, -0.2) is 45.9 Å². The number of rotatable bonds is 7. The molecule has 0 amide bonds. The molecule has 1 aliphatic heterocycles. The van der Waals surface area contributed by atoms with Crippen LogP contribution in [0.15, 0.2) is 48.5 Å². The maximum Gasteiger partial charge on any atom is 0.170 e. The molecule has 0 aliphatic carbocycles. The first kappa shape index (κ1) is 18.4. The second-order valence-electron chi connectivity index (χ2n) is 6.22. The summed E-state index contributed by atoms with van der Waals surface area (Å²) in [6.45, 7) is 1.69. The van der Waals surface area contributed by atoms with Crippen molar-refractivity contribution in [1.82, 2.24) is 0 Å². The van der Waals surface area contributed by atoms with Gasteiger partial charge < -0.3 is 18.9 Å². The van der Waals surface area contributed by atoms with Crippen LogP contribution in [0.3, 0.4) is 0 Å². The lowest BCUT2D eigenvalue weighted by Gasteiger charge is -2.27. The quantitative estimate of drug-likeness (QED) is 0.711. The molecule has 3 rings (SSSR count). The molecule has 5 heteroatoms. The minimum Gasteiger partial charge on any atom is -0.497 e. The standard InChI is InChI=1S/C21H24O5/c1-23-17-7-3-15(4-8-17)20(13-19-14-25-11-12-26-19)21(22)16-5-9-18(24-2)10-6-16/h3-10,19-20H,11-14H2,1-2H3. The number of ether oxygens (including phenoxy) is 4. The van der Waals surface area contributed by atoms with Crippen molar-refractivity contribution < 1.29 is 23.7 Å². The molecular weight excluding hydrogens is 332 g/mol. The van der Waals surface area contributed by atoms with E-state index in [9.17, 15) is 4.79 Å². The highest BCUT2D eigenvalue weighted by Gasteiger charge is 2.27. The second kappa shape index (κ2) is 8.83. The van der Waals surface area contributed by atoms with E-state index >= 15 is 0 Å². The van der Waals surface area contributed by atoms with Gasteiger partial charge >= 0.3 is 0 Å². The monoisotopic (exact) mass is 356 g/mol. The number of methoxy groups -OCH3 is 2. The van der Waals surface area contributed by atoms with Gasteiger partial charge in [-0.05, 0) is 48.4 Å². The molecule has 0 saturated carbocycles. The Labute approximate surface area is 153 Å². The molecule has 2 unspecified atom stereocenters. The summed E-state index contributed by atoms with van der Waals surface area (Å²) in [5, 5.41) is 0. The van der Waals surface area contributed by atoms with Gasteiger partial charge in [0.25, 0.3) is 0 Å². The number of benzene rings is 2. The largest absolute Gasteiger partial charge is 0.497 e. The first-order valence-electron chi connectivity index (χ1n) is 8.73. The van der Waals surface area contributed by atoms with Crippen molar-refractivity contribution in [2.45, 2.75) is 18.4 Å². The molecule has 2 aromatic carbocycles. The summed E-state index contributed by atoms with van der Waals surface area (Å²) in [6.07, 6.45) is 0.495. The predicted octanol–water partition coefficient (Wildman–Crippen LogP) is 3.48. The maximum absolute atomic E-state index is 13.2. The van der Waals surface area contributed by atoms with Gasteiger partial charge in [0.15, 0.2) is 5.78 Å². The summed E-state index contributed by atoms with van der Waals surface area (Å²) in [5.74, 6) is 1.25. The van der Waals surface area contributed by atoms with Crippen molar-refractivity contribution in [1.29, 1.82) is 0 Å². The summed E-state index contributed by atoms with van der Waals surface area (Å²) >= 11 is 0. The molecule has 1 fully saturated rings. The number of carbonyl (C=O) groups is 1. The van der Waals surface area contributed by atoms with Crippen LogP contribution in [0.4, 0.5) is 0 Å². The number of hydrogen-bond donors (Lipinski definition) is 0. The van der Waals surface area contributed by atoms with Gasteiger partial charge in [-0.2, -0.15) is 0 Å². The minimum atomic E-state index is -0.305. The molecule has 0 N–H and O–H groups in total. The fourth-order valence-electron chi connectivity index (χ4n) is 3.12. The van der Waals surface area contributed by atoms with Gasteiger partial charge in [-0.1, -0.05) is 12.1 Å². The van der Waals surface area contributed by atoms with E-state index in [1.54, 1.807) is 38.5 Å². The Bertz CT molecular complexity index is 702. The topological polar surface area (TPSA) is 54.0 Å². The summed E-state index contributed by atoms with van der Waals surface area (Å²) in [6, 6.07) is 14.8. The van der Waals surface area contributed by atoms with Gasteiger partial charge in [0.2, 0.25) is 0 Å². The van der Waals surface area contributed by atoms with Gasteiger partial charge in [-0.15, -0.1) is 0 Å². The van der Waals surface area contributed by atoms with Crippen LogP contribution in [0, 0.1) is 0 Å². The lowest BCUT2D eigenvalue weighted by molar-refractivity contribution is -0.0917. The first-order chi connectivity index (χ1) is 12.7. The Hall–Kier alpha value is -2.37. The van der Waals surface area contributed by atoms with E-state index in [2.05, 4.69) is 0 Å². The van der Waals surface area contributed by atoms with Crippen molar-refractivity contribution in [3.8, 4) is 11.5 Å². The Morgan fingerprint density at radius 1 is 1.00 bits per heavy atom. The zero-order valence-corrected chi connectivity index (χ0v) is 15.1. The van der Waals surface area contributed by atoms with Gasteiger partial charge in [-0.3, -0.25) is 4.79 Å². The number of Topliss-reactive ketones (excluding diaryl/α,β-unsaturated/α-hetero) is 1. The van der Waals surface area contributed by atoms with Gasteiger partial charge in [0.1, 0.15) is 11.5 Å². The first-order valence-corrected chi connectivity index (χ1v) is 8.73. The smallest absolute Gasteiger partial charge is 0.170 e. The van der Waals surface area contributed by atoms with E-state index < -0.39 is 0 Å². The van der Waals surface area contributed by atoms with Gasteiger partial charge in [0, 0.05) is 11.5 Å². The average Bonchev–Trinajstić information content (AvgIpc) is 2.72. The van der Waals surface area contributed by atoms with Crippen LogP contribution < -0.4 is 9.47 Å². The average molecular weight is 356 g/mol. The van der Waals surface area contributed by atoms with E-state index in [1.165, 1.54) is 0 Å². The second-order valence-corrected chi connectivity index (χ2v) is 6.22. The van der Waals surface area contributed by atoms with Crippen LogP contribution >= 0.6 is 0 Å². The van der Waals surface area contributed by atoms with Crippen molar-refractivity contribution in [3.05, 3.63) is 59.7 Å².